The third kappa shape index (κ3) is 6.33. The molecule has 0 unspecified atom stereocenters. The fraction of sp³-hybridized carbons (Fsp3) is 0.545. The van der Waals surface area contributed by atoms with E-state index in [0.29, 0.717) is 32.5 Å². The van der Waals surface area contributed by atoms with Crippen LogP contribution in [0.2, 0.25) is 0 Å². The molecule has 0 aromatic rings. The van der Waals surface area contributed by atoms with Crippen LogP contribution in [0.15, 0.2) is 11.8 Å². The van der Waals surface area contributed by atoms with Crippen LogP contribution in [-0.2, 0) is 9.59 Å². The fourth-order valence-electron chi connectivity index (χ4n) is 1.06. The van der Waals surface area contributed by atoms with Gasteiger partial charge in [0.2, 0.25) is 6.41 Å². The Kier molecular flexibility index (Phi) is 8.33. The number of nitriles is 1. The Morgan fingerprint density at radius 2 is 2.29 bits per heavy atom. The molecule has 0 bridgehead atoms. The SMILES string of the molecule is CCCNC(=O)/C(C#N)=C\N(C=O)CCCN. The Labute approximate surface area is 101 Å². The molecule has 0 aliphatic heterocycles. The van der Waals surface area contributed by atoms with Gasteiger partial charge in [0.25, 0.3) is 5.91 Å². The number of nitrogens with two attached hydrogens (primary N) is 1. The van der Waals surface area contributed by atoms with E-state index in [0.717, 1.165) is 6.42 Å². The summed E-state index contributed by atoms with van der Waals surface area (Å²) in [6, 6.07) is 1.77. The van der Waals surface area contributed by atoms with Crippen LogP contribution in [0.4, 0.5) is 0 Å². The van der Waals surface area contributed by atoms with Gasteiger partial charge in [-0.3, -0.25) is 9.59 Å². The van der Waals surface area contributed by atoms with E-state index < -0.39 is 5.91 Å². The van der Waals surface area contributed by atoms with Gasteiger partial charge in [-0.05, 0) is 19.4 Å². The first-order valence-corrected chi connectivity index (χ1v) is 5.50. The Balaban J connectivity index is 4.54. The van der Waals surface area contributed by atoms with Gasteiger partial charge in [0, 0.05) is 19.3 Å². The van der Waals surface area contributed by atoms with Crippen LogP contribution in [0.25, 0.3) is 0 Å². The van der Waals surface area contributed by atoms with Crippen LogP contribution in [0.5, 0.6) is 0 Å². The maximum atomic E-state index is 11.5. The van der Waals surface area contributed by atoms with Crippen molar-refractivity contribution in [2.45, 2.75) is 19.8 Å². The molecule has 0 spiro atoms. The van der Waals surface area contributed by atoms with Crippen LogP contribution < -0.4 is 11.1 Å². The van der Waals surface area contributed by atoms with Crippen LogP contribution >= 0.6 is 0 Å². The molecular weight excluding hydrogens is 220 g/mol. The number of carbonyl (C=O) groups is 2. The highest BCUT2D eigenvalue weighted by atomic mass is 16.2. The van der Waals surface area contributed by atoms with Gasteiger partial charge in [-0.1, -0.05) is 6.92 Å². The van der Waals surface area contributed by atoms with Crippen molar-refractivity contribution in [1.82, 2.24) is 10.2 Å². The Bertz CT molecular complexity index is 320. The number of nitrogens with zero attached hydrogens (tertiary/aromatic N) is 2. The molecule has 0 heterocycles. The second-order valence-corrected chi connectivity index (χ2v) is 3.40. The van der Waals surface area contributed by atoms with Gasteiger partial charge in [0.1, 0.15) is 11.6 Å². The highest BCUT2D eigenvalue weighted by Gasteiger charge is 2.09. The van der Waals surface area contributed by atoms with Crippen molar-refractivity contribution in [2.24, 2.45) is 5.73 Å². The quantitative estimate of drug-likeness (QED) is 0.345. The van der Waals surface area contributed by atoms with E-state index in [1.165, 1.54) is 11.1 Å². The summed E-state index contributed by atoms with van der Waals surface area (Å²) in [5.74, 6) is -0.464. The number of nitrogens with one attached hydrogen (secondary N) is 1. The van der Waals surface area contributed by atoms with Crippen molar-refractivity contribution in [3.63, 3.8) is 0 Å². The second-order valence-electron chi connectivity index (χ2n) is 3.40. The van der Waals surface area contributed by atoms with Crippen molar-refractivity contribution >= 4 is 12.3 Å². The van der Waals surface area contributed by atoms with Crippen molar-refractivity contribution < 1.29 is 9.59 Å². The van der Waals surface area contributed by atoms with Gasteiger partial charge in [-0.2, -0.15) is 5.26 Å². The van der Waals surface area contributed by atoms with Gasteiger partial charge in [-0.25, -0.2) is 0 Å². The maximum absolute atomic E-state index is 11.5. The van der Waals surface area contributed by atoms with Crippen LogP contribution in [-0.4, -0.2) is 36.9 Å². The summed E-state index contributed by atoms with van der Waals surface area (Å²) < 4.78 is 0. The molecule has 0 atom stereocenters. The van der Waals surface area contributed by atoms with E-state index in [-0.39, 0.29) is 5.57 Å². The van der Waals surface area contributed by atoms with Crippen molar-refractivity contribution in [1.29, 1.82) is 5.26 Å². The third-order valence-electron chi connectivity index (χ3n) is 1.95. The minimum absolute atomic E-state index is 0.0810. The zero-order valence-corrected chi connectivity index (χ0v) is 9.98. The molecule has 17 heavy (non-hydrogen) atoms. The predicted octanol–water partition coefficient (Wildman–Crippen LogP) is -0.273. The van der Waals surface area contributed by atoms with Crippen molar-refractivity contribution in [3.05, 3.63) is 11.8 Å². The van der Waals surface area contributed by atoms with Gasteiger partial charge in [0.15, 0.2) is 0 Å². The molecule has 0 saturated carbocycles. The van der Waals surface area contributed by atoms with Gasteiger partial charge in [0.05, 0.1) is 0 Å². The molecule has 0 aromatic heterocycles. The number of rotatable bonds is 8. The molecule has 2 amide bonds. The fourth-order valence-corrected chi connectivity index (χ4v) is 1.06. The molecule has 0 saturated heterocycles. The maximum Gasteiger partial charge on any atom is 0.263 e. The summed E-state index contributed by atoms with van der Waals surface area (Å²) in [6.45, 7) is 3.26. The molecule has 0 fully saturated rings. The minimum atomic E-state index is -0.464. The Morgan fingerprint density at radius 1 is 1.59 bits per heavy atom. The van der Waals surface area contributed by atoms with Crippen LogP contribution in [0.3, 0.4) is 0 Å². The third-order valence-corrected chi connectivity index (χ3v) is 1.95. The molecule has 6 nitrogen and oxygen atoms in total. The van der Waals surface area contributed by atoms with Gasteiger partial charge >= 0.3 is 0 Å². The first-order chi connectivity index (χ1) is 8.19. The first kappa shape index (κ1) is 15.1. The molecule has 0 aliphatic rings. The smallest absolute Gasteiger partial charge is 0.263 e. The van der Waals surface area contributed by atoms with E-state index in [1.807, 2.05) is 6.92 Å². The number of hydrogen-bond acceptors (Lipinski definition) is 4. The molecule has 3 N–H and O–H groups in total. The Morgan fingerprint density at radius 3 is 2.76 bits per heavy atom. The van der Waals surface area contributed by atoms with E-state index in [9.17, 15) is 9.59 Å². The lowest BCUT2D eigenvalue weighted by Gasteiger charge is -2.12. The molecule has 0 rings (SSSR count). The number of amides is 2. The largest absolute Gasteiger partial charge is 0.351 e. The molecule has 0 radical (unpaired) electrons. The molecule has 0 aromatic carbocycles. The van der Waals surface area contributed by atoms with Crippen molar-refractivity contribution in [3.8, 4) is 6.07 Å². The summed E-state index contributed by atoms with van der Waals surface area (Å²) in [6.07, 6.45) is 3.22. The van der Waals surface area contributed by atoms with E-state index in [2.05, 4.69) is 5.32 Å². The van der Waals surface area contributed by atoms with E-state index in [1.54, 1.807) is 6.07 Å². The summed E-state index contributed by atoms with van der Waals surface area (Å²) in [4.78, 5) is 23.4. The van der Waals surface area contributed by atoms with Gasteiger partial charge in [-0.15, -0.1) is 0 Å². The topological polar surface area (TPSA) is 99.2 Å². The summed E-state index contributed by atoms with van der Waals surface area (Å²) in [5.41, 5.74) is 5.23. The highest BCUT2D eigenvalue weighted by Crippen LogP contribution is 1.97. The van der Waals surface area contributed by atoms with Crippen LogP contribution in [0, 0.1) is 11.3 Å². The molecule has 6 heteroatoms. The molecule has 94 valence electrons. The monoisotopic (exact) mass is 238 g/mol. The van der Waals surface area contributed by atoms with E-state index >= 15 is 0 Å². The van der Waals surface area contributed by atoms with Gasteiger partial charge < -0.3 is 16.0 Å². The molecule has 0 aliphatic carbocycles. The lowest BCUT2D eigenvalue weighted by Crippen LogP contribution is -2.27. The standard InChI is InChI=1S/C11H18N4O2/c1-2-5-14-11(17)10(7-13)8-15(9-16)6-3-4-12/h8-9H,2-6,12H2,1H3,(H,14,17)/b10-8-. The normalized spacial score (nSPS) is 10.5. The first-order valence-electron chi connectivity index (χ1n) is 5.50. The Hall–Kier alpha value is -1.87. The van der Waals surface area contributed by atoms with Crippen LogP contribution in [0.1, 0.15) is 19.8 Å². The highest BCUT2D eigenvalue weighted by molar-refractivity contribution is 5.97. The lowest BCUT2D eigenvalue weighted by molar-refractivity contribution is -0.117. The van der Waals surface area contributed by atoms with E-state index in [4.69, 9.17) is 11.0 Å². The average molecular weight is 238 g/mol. The second kappa shape index (κ2) is 9.36. The predicted molar refractivity (Wildman–Crippen MR) is 63.4 cm³/mol. The molecular formula is C11H18N4O2. The van der Waals surface area contributed by atoms with Crippen molar-refractivity contribution in [2.75, 3.05) is 19.6 Å². The average Bonchev–Trinajstić information content (AvgIpc) is 2.36. The minimum Gasteiger partial charge on any atom is -0.351 e. The number of hydrogen-bond donors (Lipinski definition) is 2. The lowest BCUT2D eigenvalue weighted by atomic mass is 10.2. The zero-order chi connectivity index (χ0) is 13.1. The summed E-state index contributed by atoms with van der Waals surface area (Å²) in [5, 5.41) is 11.4. The number of carbonyl (C=O) groups excluding carboxylic acids is 2. The summed E-state index contributed by atoms with van der Waals surface area (Å²) >= 11 is 0. The summed E-state index contributed by atoms with van der Waals surface area (Å²) in [7, 11) is 0. The zero-order valence-electron chi connectivity index (χ0n) is 9.98.